The van der Waals surface area contributed by atoms with E-state index < -0.39 is 11.0 Å². The van der Waals surface area contributed by atoms with Gasteiger partial charge in [0.05, 0.1) is 18.1 Å². The topological polar surface area (TPSA) is 46.5 Å². The first-order chi connectivity index (χ1) is 5.29. The van der Waals surface area contributed by atoms with E-state index in [1.54, 1.807) is 20.8 Å². The number of ether oxygens (including phenoxy) is 1. The van der Waals surface area contributed by atoms with E-state index in [1.165, 1.54) is 7.11 Å². The molecule has 0 radical (unpaired) electrons. The van der Waals surface area contributed by atoms with E-state index in [-0.39, 0.29) is 5.97 Å². The lowest BCUT2D eigenvalue weighted by Gasteiger charge is -2.36. The standard InChI is InChI=1S/C9H18O3/c1-6-9(4,11)8(2,3)7(10)12-5/h11H,6H2,1-5H3. The molecule has 0 fully saturated rings. The summed E-state index contributed by atoms with van der Waals surface area (Å²) in [6.07, 6.45) is 0.523. The van der Waals surface area contributed by atoms with Gasteiger partial charge >= 0.3 is 5.97 Å². The molecule has 0 aliphatic heterocycles. The van der Waals surface area contributed by atoms with Crippen molar-refractivity contribution in [3.8, 4) is 0 Å². The minimum atomic E-state index is -1.01. The summed E-state index contributed by atoms with van der Waals surface area (Å²) in [6, 6.07) is 0. The third-order valence-corrected chi connectivity index (χ3v) is 2.73. The monoisotopic (exact) mass is 174 g/mol. The molecule has 1 atom stereocenters. The largest absolute Gasteiger partial charge is 0.469 e. The fourth-order valence-electron chi connectivity index (χ4n) is 0.917. The lowest BCUT2D eigenvalue weighted by atomic mass is 9.74. The fourth-order valence-corrected chi connectivity index (χ4v) is 0.917. The van der Waals surface area contributed by atoms with Crippen LogP contribution in [0.2, 0.25) is 0 Å². The van der Waals surface area contributed by atoms with E-state index in [1.807, 2.05) is 6.92 Å². The summed E-state index contributed by atoms with van der Waals surface area (Å²) >= 11 is 0. The molecule has 3 heteroatoms. The lowest BCUT2D eigenvalue weighted by Crippen LogP contribution is -2.47. The van der Waals surface area contributed by atoms with Gasteiger partial charge in [-0.1, -0.05) is 6.92 Å². The highest BCUT2D eigenvalue weighted by atomic mass is 16.5. The van der Waals surface area contributed by atoms with Crippen LogP contribution in [0.3, 0.4) is 0 Å². The molecule has 1 N–H and O–H groups in total. The van der Waals surface area contributed by atoms with Gasteiger partial charge in [0.25, 0.3) is 0 Å². The summed E-state index contributed by atoms with van der Waals surface area (Å²) in [4.78, 5) is 11.3. The number of methoxy groups -OCH3 is 1. The molecule has 0 heterocycles. The number of esters is 1. The maximum absolute atomic E-state index is 11.3. The fraction of sp³-hybridized carbons (Fsp3) is 0.889. The maximum Gasteiger partial charge on any atom is 0.314 e. The molecule has 0 aliphatic rings. The molecule has 1 unspecified atom stereocenters. The van der Waals surface area contributed by atoms with Crippen LogP contribution in [0, 0.1) is 5.41 Å². The molecular formula is C9H18O3. The van der Waals surface area contributed by atoms with Crippen molar-refractivity contribution in [2.45, 2.75) is 39.7 Å². The Kier molecular flexibility index (Phi) is 3.27. The maximum atomic E-state index is 11.3. The average Bonchev–Trinajstić information content (AvgIpc) is 2.02. The van der Waals surface area contributed by atoms with Crippen molar-refractivity contribution in [3.05, 3.63) is 0 Å². The molecule has 0 aromatic rings. The molecule has 0 aromatic heterocycles. The van der Waals surface area contributed by atoms with Crippen LogP contribution in [0.1, 0.15) is 34.1 Å². The molecule has 12 heavy (non-hydrogen) atoms. The quantitative estimate of drug-likeness (QED) is 0.657. The summed E-state index contributed by atoms with van der Waals surface area (Å²) in [7, 11) is 1.33. The second-order valence-electron chi connectivity index (χ2n) is 3.74. The smallest absolute Gasteiger partial charge is 0.314 e. The first kappa shape index (κ1) is 11.4. The lowest BCUT2D eigenvalue weighted by molar-refractivity contribution is -0.166. The molecule has 0 aliphatic carbocycles. The molecule has 0 aromatic carbocycles. The van der Waals surface area contributed by atoms with Crippen LogP contribution in [0.15, 0.2) is 0 Å². The van der Waals surface area contributed by atoms with Crippen LogP contribution in [0.25, 0.3) is 0 Å². The van der Waals surface area contributed by atoms with Gasteiger partial charge in [-0.15, -0.1) is 0 Å². The van der Waals surface area contributed by atoms with Gasteiger partial charge in [0.2, 0.25) is 0 Å². The van der Waals surface area contributed by atoms with E-state index in [0.29, 0.717) is 6.42 Å². The van der Waals surface area contributed by atoms with Gasteiger partial charge in [0, 0.05) is 0 Å². The Hall–Kier alpha value is -0.570. The van der Waals surface area contributed by atoms with E-state index >= 15 is 0 Å². The minimum absolute atomic E-state index is 0.380. The van der Waals surface area contributed by atoms with Crippen molar-refractivity contribution < 1.29 is 14.6 Å². The Labute approximate surface area is 73.7 Å². The van der Waals surface area contributed by atoms with Crippen LogP contribution >= 0.6 is 0 Å². The van der Waals surface area contributed by atoms with E-state index in [9.17, 15) is 9.90 Å². The Morgan fingerprint density at radius 2 is 1.83 bits per heavy atom. The van der Waals surface area contributed by atoms with Crippen LogP contribution in [0.4, 0.5) is 0 Å². The molecule has 0 bridgehead atoms. The van der Waals surface area contributed by atoms with Gasteiger partial charge in [-0.05, 0) is 27.2 Å². The summed E-state index contributed by atoms with van der Waals surface area (Å²) in [5.74, 6) is -0.380. The Bertz CT molecular complexity index is 171. The number of hydrogen-bond acceptors (Lipinski definition) is 3. The predicted octanol–water partition coefficient (Wildman–Crippen LogP) is 1.35. The second kappa shape index (κ2) is 3.44. The summed E-state index contributed by atoms with van der Waals surface area (Å²) < 4.78 is 4.60. The minimum Gasteiger partial charge on any atom is -0.469 e. The van der Waals surface area contributed by atoms with E-state index in [4.69, 9.17) is 0 Å². The van der Waals surface area contributed by atoms with Crippen molar-refractivity contribution in [2.75, 3.05) is 7.11 Å². The number of carbonyl (C=O) groups is 1. The predicted molar refractivity (Wildman–Crippen MR) is 46.7 cm³/mol. The highest BCUT2D eigenvalue weighted by Gasteiger charge is 2.44. The zero-order chi connectivity index (χ0) is 9.99. The van der Waals surface area contributed by atoms with Crippen LogP contribution in [-0.4, -0.2) is 23.8 Å². The zero-order valence-electron chi connectivity index (χ0n) is 8.47. The molecule has 3 nitrogen and oxygen atoms in total. The third-order valence-electron chi connectivity index (χ3n) is 2.73. The zero-order valence-corrected chi connectivity index (χ0v) is 8.47. The number of aliphatic hydroxyl groups is 1. The average molecular weight is 174 g/mol. The highest BCUT2D eigenvalue weighted by molar-refractivity contribution is 5.77. The van der Waals surface area contributed by atoms with Crippen LogP contribution in [-0.2, 0) is 9.53 Å². The Morgan fingerprint density at radius 3 is 2.08 bits per heavy atom. The number of hydrogen-bond donors (Lipinski definition) is 1. The molecule has 0 amide bonds. The van der Waals surface area contributed by atoms with Gasteiger partial charge in [-0.25, -0.2) is 0 Å². The van der Waals surface area contributed by atoms with E-state index in [0.717, 1.165) is 0 Å². The molecule has 0 rings (SSSR count). The van der Waals surface area contributed by atoms with Gasteiger partial charge in [0.15, 0.2) is 0 Å². The van der Waals surface area contributed by atoms with Crippen molar-refractivity contribution in [1.29, 1.82) is 0 Å². The van der Waals surface area contributed by atoms with Gasteiger partial charge in [0.1, 0.15) is 0 Å². The van der Waals surface area contributed by atoms with Crippen molar-refractivity contribution in [3.63, 3.8) is 0 Å². The van der Waals surface area contributed by atoms with Crippen LogP contribution < -0.4 is 0 Å². The second-order valence-corrected chi connectivity index (χ2v) is 3.74. The van der Waals surface area contributed by atoms with Crippen molar-refractivity contribution in [2.24, 2.45) is 5.41 Å². The molecule has 0 saturated heterocycles. The highest BCUT2D eigenvalue weighted by Crippen LogP contribution is 2.34. The van der Waals surface area contributed by atoms with Gasteiger partial charge < -0.3 is 9.84 Å². The van der Waals surface area contributed by atoms with E-state index in [2.05, 4.69) is 4.74 Å². The normalized spacial score (nSPS) is 16.8. The number of rotatable bonds is 3. The molecule has 72 valence electrons. The Morgan fingerprint density at radius 1 is 1.42 bits per heavy atom. The van der Waals surface area contributed by atoms with Crippen molar-refractivity contribution >= 4 is 5.97 Å². The molecular weight excluding hydrogens is 156 g/mol. The van der Waals surface area contributed by atoms with Gasteiger partial charge in [-0.2, -0.15) is 0 Å². The summed E-state index contributed by atoms with van der Waals surface area (Å²) in [6.45, 7) is 6.85. The summed E-state index contributed by atoms with van der Waals surface area (Å²) in [5, 5.41) is 9.85. The SMILES string of the molecule is CCC(C)(O)C(C)(C)C(=O)OC. The van der Waals surface area contributed by atoms with Crippen molar-refractivity contribution in [1.82, 2.24) is 0 Å². The Balaban J connectivity index is 4.71. The van der Waals surface area contributed by atoms with Gasteiger partial charge in [-0.3, -0.25) is 4.79 Å². The third kappa shape index (κ3) is 1.78. The van der Waals surface area contributed by atoms with Crippen LogP contribution in [0.5, 0.6) is 0 Å². The first-order valence-electron chi connectivity index (χ1n) is 4.10. The summed E-state index contributed by atoms with van der Waals surface area (Å²) in [5.41, 5.74) is -1.86. The molecule has 0 saturated carbocycles. The molecule has 0 spiro atoms. The number of carbonyl (C=O) groups excluding carboxylic acids is 1. The first-order valence-corrected chi connectivity index (χ1v) is 4.10.